The molecule has 0 spiro atoms. The number of amides is 2. The molecule has 2 N–H and O–H groups in total. The summed E-state index contributed by atoms with van der Waals surface area (Å²) in [6.45, 7) is 0.504. The minimum Gasteiger partial charge on any atom is -0.488 e. The highest BCUT2D eigenvalue weighted by atomic mass is 35.5. The smallest absolute Gasteiger partial charge is 0.227 e. The van der Waals surface area contributed by atoms with Gasteiger partial charge in [-0.15, -0.1) is 0 Å². The number of β-amino-alcohol motifs (C(OH)–C–C–N with tert-alkyl or cyclic N) is 1. The molecule has 0 aliphatic carbocycles. The van der Waals surface area contributed by atoms with E-state index in [4.69, 9.17) is 16.3 Å². The number of halogens is 2. The standard InChI is InChI=1S/C22H22ClFN2O4/c23-16-2-1-3-17(24)15(16)11-22(29)26-9-8-20(19(27)12-26)30-14-5-6-18-13(10-14)4-7-21(28)25-18/h1-3,5-6,10,19-20,27H,4,7-9,11-12H2,(H,25,28)/t19-,20-/m1/s1. The number of hydrogen-bond acceptors (Lipinski definition) is 4. The topological polar surface area (TPSA) is 78.9 Å². The van der Waals surface area contributed by atoms with E-state index in [1.807, 2.05) is 6.07 Å². The SMILES string of the molecule is O=C1CCc2cc(O[C@@H]3CCN(C(=O)Cc4c(F)cccc4Cl)C[C@H]3O)ccc2N1. The van der Waals surface area contributed by atoms with Gasteiger partial charge in [-0.1, -0.05) is 17.7 Å². The number of piperidine rings is 1. The second kappa shape index (κ2) is 8.62. The van der Waals surface area contributed by atoms with Crippen molar-refractivity contribution in [3.05, 3.63) is 58.4 Å². The van der Waals surface area contributed by atoms with Crippen LogP contribution in [0.2, 0.25) is 5.02 Å². The van der Waals surface area contributed by atoms with Crippen LogP contribution in [0.4, 0.5) is 10.1 Å². The van der Waals surface area contributed by atoms with E-state index in [9.17, 15) is 19.1 Å². The van der Waals surface area contributed by atoms with Crippen LogP contribution in [0, 0.1) is 5.82 Å². The zero-order valence-corrected chi connectivity index (χ0v) is 17.0. The molecule has 158 valence electrons. The third-order valence-electron chi connectivity index (χ3n) is 5.52. The van der Waals surface area contributed by atoms with Gasteiger partial charge in [0.2, 0.25) is 11.8 Å². The van der Waals surface area contributed by atoms with Gasteiger partial charge in [0.1, 0.15) is 23.8 Å². The van der Waals surface area contributed by atoms with Crippen LogP contribution in [-0.2, 0) is 22.4 Å². The number of aliphatic hydroxyl groups is 1. The number of nitrogens with one attached hydrogen (secondary N) is 1. The molecular formula is C22H22ClFN2O4. The molecule has 2 amide bonds. The number of likely N-dealkylation sites (tertiary alicyclic amines) is 1. The summed E-state index contributed by atoms with van der Waals surface area (Å²) in [6.07, 6.45) is 0.0567. The minimum atomic E-state index is -0.866. The monoisotopic (exact) mass is 432 g/mol. The molecule has 2 atom stereocenters. The predicted octanol–water partition coefficient (Wildman–Crippen LogP) is 2.95. The van der Waals surface area contributed by atoms with Gasteiger partial charge in [-0.2, -0.15) is 0 Å². The quantitative estimate of drug-likeness (QED) is 0.778. The first kappa shape index (κ1) is 20.6. The van der Waals surface area contributed by atoms with Crippen molar-refractivity contribution in [2.24, 2.45) is 0 Å². The van der Waals surface area contributed by atoms with Crippen LogP contribution < -0.4 is 10.1 Å². The number of carbonyl (C=O) groups excluding carboxylic acids is 2. The maximum atomic E-state index is 14.0. The second-order valence-electron chi connectivity index (χ2n) is 7.60. The number of nitrogens with zero attached hydrogens (tertiary/aromatic N) is 1. The van der Waals surface area contributed by atoms with Crippen molar-refractivity contribution in [3.8, 4) is 5.75 Å². The van der Waals surface area contributed by atoms with Crippen LogP contribution in [0.15, 0.2) is 36.4 Å². The van der Waals surface area contributed by atoms with E-state index in [0.29, 0.717) is 31.6 Å². The van der Waals surface area contributed by atoms with Gasteiger partial charge < -0.3 is 20.1 Å². The van der Waals surface area contributed by atoms with Crippen molar-refractivity contribution in [1.29, 1.82) is 0 Å². The van der Waals surface area contributed by atoms with Crippen LogP contribution in [0.1, 0.15) is 24.0 Å². The largest absolute Gasteiger partial charge is 0.488 e. The normalized spacial score (nSPS) is 21.0. The van der Waals surface area contributed by atoms with E-state index < -0.39 is 18.0 Å². The predicted molar refractivity (Wildman–Crippen MR) is 110 cm³/mol. The van der Waals surface area contributed by atoms with Crippen LogP contribution in [0.5, 0.6) is 5.75 Å². The van der Waals surface area contributed by atoms with Crippen LogP contribution >= 0.6 is 11.6 Å². The first-order valence-corrected chi connectivity index (χ1v) is 10.3. The fraction of sp³-hybridized carbons (Fsp3) is 0.364. The summed E-state index contributed by atoms with van der Waals surface area (Å²) in [5.41, 5.74) is 1.94. The van der Waals surface area contributed by atoms with Gasteiger partial charge in [-0.25, -0.2) is 4.39 Å². The van der Waals surface area contributed by atoms with Gasteiger partial charge in [0.25, 0.3) is 0 Å². The van der Waals surface area contributed by atoms with Crippen molar-refractivity contribution in [2.45, 2.75) is 37.9 Å². The maximum Gasteiger partial charge on any atom is 0.227 e. The summed E-state index contributed by atoms with van der Waals surface area (Å²) in [6, 6.07) is 9.74. The highest BCUT2D eigenvalue weighted by Gasteiger charge is 2.32. The number of fused-ring (bicyclic) bond motifs is 1. The van der Waals surface area contributed by atoms with Crippen LogP contribution in [-0.4, -0.2) is 47.1 Å². The summed E-state index contributed by atoms with van der Waals surface area (Å²) in [7, 11) is 0. The first-order valence-electron chi connectivity index (χ1n) is 9.89. The van der Waals surface area contributed by atoms with Gasteiger partial charge in [-0.05, 0) is 42.3 Å². The van der Waals surface area contributed by atoms with Gasteiger partial charge in [0.05, 0.1) is 13.0 Å². The Morgan fingerprint density at radius 1 is 1.30 bits per heavy atom. The van der Waals surface area contributed by atoms with E-state index in [0.717, 1.165) is 11.3 Å². The summed E-state index contributed by atoms with van der Waals surface area (Å²) in [5, 5.41) is 13.6. The molecular weight excluding hydrogens is 411 g/mol. The molecule has 0 bridgehead atoms. The highest BCUT2D eigenvalue weighted by molar-refractivity contribution is 6.31. The zero-order valence-electron chi connectivity index (χ0n) is 16.2. The van der Waals surface area contributed by atoms with Crippen molar-refractivity contribution < 1.29 is 23.8 Å². The van der Waals surface area contributed by atoms with E-state index in [-0.39, 0.29) is 35.4 Å². The van der Waals surface area contributed by atoms with E-state index in [1.165, 1.54) is 17.0 Å². The molecule has 2 aromatic rings. The molecule has 0 saturated carbocycles. The van der Waals surface area contributed by atoms with Gasteiger partial charge in [-0.3, -0.25) is 9.59 Å². The average molecular weight is 433 g/mol. The highest BCUT2D eigenvalue weighted by Crippen LogP contribution is 2.29. The maximum absolute atomic E-state index is 14.0. The lowest BCUT2D eigenvalue weighted by Gasteiger charge is -2.36. The van der Waals surface area contributed by atoms with Crippen molar-refractivity contribution in [2.75, 3.05) is 18.4 Å². The second-order valence-corrected chi connectivity index (χ2v) is 8.00. The van der Waals surface area contributed by atoms with Gasteiger partial charge in [0, 0.05) is 35.7 Å². The number of benzene rings is 2. The molecule has 6 nitrogen and oxygen atoms in total. The lowest BCUT2D eigenvalue weighted by Crippen LogP contribution is -2.51. The van der Waals surface area contributed by atoms with E-state index >= 15 is 0 Å². The van der Waals surface area contributed by atoms with E-state index in [1.54, 1.807) is 18.2 Å². The van der Waals surface area contributed by atoms with Crippen molar-refractivity contribution >= 4 is 29.1 Å². The Bertz CT molecular complexity index is 963. The number of carbonyl (C=O) groups is 2. The number of rotatable bonds is 4. The fourth-order valence-corrected chi connectivity index (χ4v) is 4.08. The number of aliphatic hydroxyl groups excluding tert-OH is 1. The van der Waals surface area contributed by atoms with Crippen LogP contribution in [0.25, 0.3) is 0 Å². The Morgan fingerprint density at radius 3 is 2.90 bits per heavy atom. The molecule has 0 radical (unpaired) electrons. The summed E-state index contributed by atoms with van der Waals surface area (Å²) >= 11 is 6.01. The Balaban J connectivity index is 1.36. The molecule has 4 rings (SSSR count). The zero-order chi connectivity index (χ0) is 21.3. The molecule has 2 aromatic carbocycles. The molecule has 1 fully saturated rings. The van der Waals surface area contributed by atoms with Gasteiger partial charge >= 0.3 is 0 Å². The Hall–Kier alpha value is -2.64. The fourth-order valence-electron chi connectivity index (χ4n) is 3.85. The molecule has 1 saturated heterocycles. The van der Waals surface area contributed by atoms with Crippen molar-refractivity contribution in [1.82, 2.24) is 4.90 Å². The van der Waals surface area contributed by atoms with Crippen LogP contribution in [0.3, 0.4) is 0 Å². The Labute approximate surface area is 178 Å². The van der Waals surface area contributed by atoms with E-state index in [2.05, 4.69) is 5.32 Å². The molecule has 30 heavy (non-hydrogen) atoms. The number of hydrogen-bond donors (Lipinski definition) is 2. The Kier molecular flexibility index (Phi) is 5.92. The third kappa shape index (κ3) is 4.42. The minimum absolute atomic E-state index is 0.000279. The van der Waals surface area contributed by atoms with Gasteiger partial charge in [0.15, 0.2) is 0 Å². The lowest BCUT2D eigenvalue weighted by molar-refractivity contribution is -0.136. The molecule has 0 unspecified atom stereocenters. The summed E-state index contributed by atoms with van der Waals surface area (Å²) in [5.74, 6) is -0.186. The lowest BCUT2D eigenvalue weighted by atomic mass is 10.0. The summed E-state index contributed by atoms with van der Waals surface area (Å²) in [4.78, 5) is 25.6. The number of ether oxygens (including phenoxy) is 1. The molecule has 2 aliphatic heterocycles. The Morgan fingerprint density at radius 2 is 2.13 bits per heavy atom. The molecule has 0 aromatic heterocycles. The summed E-state index contributed by atoms with van der Waals surface area (Å²) < 4.78 is 19.9. The molecule has 8 heteroatoms. The molecule has 2 aliphatic rings. The third-order valence-corrected chi connectivity index (χ3v) is 5.88. The average Bonchev–Trinajstić information content (AvgIpc) is 2.72. The molecule has 2 heterocycles. The number of aryl methyl sites for hydroxylation is 1. The van der Waals surface area contributed by atoms with Crippen molar-refractivity contribution in [3.63, 3.8) is 0 Å². The first-order chi connectivity index (χ1) is 14.4. The number of anilines is 1.